The number of amides is 1. The first-order valence-corrected chi connectivity index (χ1v) is 6.19. The van der Waals surface area contributed by atoms with E-state index in [4.69, 9.17) is 0 Å². The molecule has 1 aliphatic carbocycles. The summed E-state index contributed by atoms with van der Waals surface area (Å²) in [6, 6.07) is 0.510. The molecule has 2 rings (SSSR count). The van der Waals surface area contributed by atoms with E-state index in [0.29, 0.717) is 6.04 Å². The van der Waals surface area contributed by atoms with Crippen molar-refractivity contribution in [1.29, 1.82) is 0 Å². The van der Waals surface area contributed by atoms with E-state index < -0.39 is 0 Å². The highest BCUT2D eigenvalue weighted by molar-refractivity contribution is 5.85. The van der Waals surface area contributed by atoms with Crippen molar-refractivity contribution in [3.63, 3.8) is 0 Å². The lowest BCUT2D eigenvalue weighted by atomic mass is 9.80. The van der Waals surface area contributed by atoms with Gasteiger partial charge >= 0.3 is 0 Å². The Morgan fingerprint density at radius 3 is 2.19 bits per heavy atom. The molecule has 0 bridgehead atoms. The van der Waals surface area contributed by atoms with Gasteiger partial charge in [0.15, 0.2) is 0 Å². The molecule has 0 aromatic heterocycles. The molecular formula is C12H23ClN2O. The van der Waals surface area contributed by atoms with Crippen LogP contribution in [0.2, 0.25) is 0 Å². The summed E-state index contributed by atoms with van der Waals surface area (Å²) in [5.74, 6) is 1.73. The van der Waals surface area contributed by atoms with Crippen molar-refractivity contribution in [2.75, 3.05) is 6.54 Å². The van der Waals surface area contributed by atoms with Crippen LogP contribution in [0, 0.1) is 11.8 Å². The fourth-order valence-corrected chi connectivity index (χ4v) is 2.88. The molecule has 3 nitrogen and oxygen atoms in total. The lowest BCUT2D eigenvalue weighted by molar-refractivity contribution is -0.125. The van der Waals surface area contributed by atoms with Crippen molar-refractivity contribution in [2.24, 2.45) is 11.8 Å². The second-order valence-electron chi connectivity index (χ2n) is 5.42. The van der Waals surface area contributed by atoms with Crippen LogP contribution in [0.25, 0.3) is 0 Å². The summed E-state index contributed by atoms with van der Waals surface area (Å²) < 4.78 is 0. The van der Waals surface area contributed by atoms with Gasteiger partial charge in [-0.3, -0.25) is 4.79 Å². The van der Waals surface area contributed by atoms with Gasteiger partial charge < -0.3 is 10.6 Å². The van der Waals surface area contributed by atoms with Crippen molar-refractivity contribution in [1.82, 2.24) is 10.6 Å². The monoisotopic (exact) mass is 246 g/mol. The minimum absolute atomic E-state index is 0. The summed E-state index contributed by atoms with van der Waals surface area (Å²) in [6.07, 6.45) is 4.63. The minimum atomic E-state index is 0. The summed E-state index contributed by atoms with van der Waals surface area (Å²) in [5, 5.41) is 6.33. The molecular weight excluding hydrogens is 224 g/mol. The molecule has 1 saturated carbocycles. The van der Waals surface area contributed by atoms with Gasteiger partial charge in [-0.15, -0.1) is 12.4 Å². The summed E-state index contributed by atoms with van der Waals surface area (Å²) in [4.78, 5) is 11.7. The molecule has 2 fully saturated rings. The normalized spacial score (nSPS) is 38.1. The maximum absolute atomic E-state index is 11.7. The van der Waals surface area contributed by atoms with Crippen LogP contribution in [0.5, 0.6) is 0 Å². The molecule has 3 atom stereocenters. The average molecular weight is 247 g/mol. The van der Waals surface area contributed by atoms with Crippen LogP contribution < -0.4 is 10.6 Å². The third-order valence-electron chi connectivity index (χ3n) is 3.67. The molecule has 0 aromatic rings. The Kier molecular flexibility index (Phi) is 5.06. The lowest BCUT2D eigenvalue weighted by Gasteiger charge is -2.34. The molecule has 16 heavy (non-hydrogen) atoms. The van der Waals surface area contributed by atoms with Gasteiger partial charge in [0.05, 0.1) is 6.04 Å². The zero-order valence-electron chi connectivity index (χ0n) is 10.2. The van der Waals surface area contributed by atoms with E-state index in [9.17, 15) is 4.79 Å². The van der Waals surface area contributed by atoms with Crippen molar-refractivity contribution >= 4 is 18.3 Å². The summed E-state index contributed by atoms with van der Waals surface area (Å²) in [7, 11) is 0. The smallest absolute Gasteiger partial charge is 0.237 e. The van der Waals surface area contributed by atoms with Crippen molar-refractivity contribution in [3.8, 4) is 0 Å². The number of rotatable bonds is 2. The molecule has 2 unspecified atom stereocenters. The van der Waals surface area contributed by atoms with Crippen LogP contribution >= 0.6 is 12.4 Å². The number of hydrogen-bond donors (Lipinski definition) is 2. The Morgan fingerprint density at radius 2 is 1.75 bits per heavy atom. The molecule has 4 heteroatoms. The molecule has 1 amide bonds. The van der Waals surface area contributed by atoms with E-state index in [0.717, 1.165) is 37.6 Å². The Hall–Kier alpha value is -0.280. The van der Waals surface area contributed by atoms with Crippen LogP contribution in [0.15, 0.2) is 0 Å². The number of hydrogen-bond acceptors (Lipinski definition) is 2. The fraction of sp³-hybridized carbons (Fsp3) is 0.917. The third-order valence-corrected chi connectivity index (χ3v) is 3.67. The molecule has 0 aromatic carbocycles. The number of carbonyl (C=O) groups is 1. The molecule has 2 aliphatic rings. The molecule has 0 radical (unpaired) electrons. The highest BCUT2D eigenvalue weighted by Gasteiger charge is 2.29. The van der Waals surface area contributed by atoms with E-state index in [1.807, 2.05) is 0 Å². The zero-order chi connectivity index (χ0) is 10.8. The van der Waals surface area contributed by atoms with Gasteiger partial charge in [-0.05, 0) is 44.1 Å². The van der Waals surface area contributed by atoms with Gasteiger partial charge in [0.1, 0.15) is 0 Å². The molecule has 94 valence electrons. The van der Waals surface area contributed by atoms with E-state index in [1.54, 1.807) is 0 Å². The highest BCUT2D eigenvalue weighted by Crippen LogP contribution is 2.28. The van der Waals surface area contributed by atoms with Gasteiger partial charge in [0, 0.05) is 6.04 Å². The van der Waals surface area contributed by atoms with Crippen molar-refractivity contribution in [2.45, 2.75) is 51.6 Å². The summed E-state index contributed by atoms with van der Waals surface area (Å²) in [6.45, 7) is 5.57. The standard InChI is InChI=1S/C12H22N2O.ClH/c1-8-5-9(2)7-10(6-8)14-12(15)11-3-4-13-11;/h8-11,13H,3-7H2,1-2H3,(H,14,15);1H/t8?,9?,10?,11-;/m1./s1. The van der Waals surface area contributed by atoms with Crippen LogP contribution in [0.4, 0.5) is 0 Å². The molecule has 1 heterocycles. The lowest BCUT2D eigenvalue weighted by Crippen LogP contribution is -2.55. The Labute approximate surface area is 104 Å². The number of nitrogens with one attached hydrogen (secondary N) is 2. The van der Waals surface area contributed by atoms with Crippen LogP contribution in [0.3, 0.4) is 0 Å². The van der Waals surface area contributed by atoms with Crippen molar-refractivity contribution < 1.29 is 4.79 Å². The van der Waals surface area contributed by atoms with Gasteiger partial charge in [-0.25, -0.2) is 0 Å². The molecule has 1 saturated heterocycles. The fourth-order valence-electron chi connectivity index (χ4n) is 2.88. The van der Waals surface area contributed by atoms with Gasteiger partial charge in [-0.1, -0.05) is 13.8 Å². The van der Waals surface area contributed by atoms with Gasteiger partial charge in [0.2, 0.25) is 5.91 Å². The Bertz CT molecular complexity index is 233. The first-order valence-electron chi connectivity index (χ1n) is 6.19. The topological polar surface area (TPSA) is 41.1 Å². The van der Waals surface area contributed by atoms with Gasteiger partial charge in [-0.2, -0.15) is 0 Å². The highest BCUT2D eigenvalue weighted by atomic mass is 35.5. The van der Waals surface area contributed by atoms with E-state index >= 15 is 0 Å². The Balaban J connectivity index is 0.00000128. The van der Waals surface area contributed by atoms with Gasteiger partial charge in [0.25, 0.3) is 0 Å². The quantitative estimate of drug-likeness (QED) is 0.779. The summed E-state index contributed by atoms with van der Waals surface area (Å²) >= 11 is 0. The second kappa shape index (κ2) is 5.87. The van der Waals surface area contributed by atoms with Crippen LogP contribution in [-0.4, -0.2) is 24.5 Å². The predicted octanol–water partition coefficient (Wildman–Crippen LogP) is 1.71. The molecule has 1 aliphatic heterocycles. The second-order valence-corrected chi connectivity index (χ2v) is 5.42. The maximum atomic E-state index is 11.7. The van der Waals surface area contributed by atoms with E-state index in [2.05, 4.69) is 24.5 Å². The molecule has 0 spiro atoms. The summed E-state index contributed by atoms with van der Waals surface area (Å²) in [5.41, 5.74) is 0. The third kappa shape index (κ3) is 3.36. The average Bonchev–Trinajstić information content (AvgIpc) is 1.96. The van der Waals surface area contributed by atoms with Crippen LogP contribution in [0.1, 0.15) is 39.5 Å². The number of carbonyl (C=O) groups excluding carboxylic acids is 1. The van der Waals surface area contributed by atoms with Crippen molar-refractivity contribution in [3.05, 3.63) is 0 Å². The zero-order valence-corrected chi connectivity index (χ0v) is 11.0. The predicted molar refractivity (Wildman–Crippen MR) is 67.8 cm³/mol. The largest absolute Gasteiger partial charge is 0.352 e. The first-order chi connectivity index (χ1) is 7.15. The van der Waals surface area contributed by atoms with E-state index in [1.165, 1.54) is 6.42 Å². The van der Waals surface area contributed by atoms with Crippen LogP contribution in [-0.2, 0) is 4.79 Å². The Morgan fingerprint density at radius 1 is 1.19 bits per heavy atom. The SMILES string of the molecule is CC1CC(C)CC(NC(=O)[C@H]2CCN2)C1.Cl. The minimum Gasteiger partial charge on any atom is -0.352 e. The van der Waals surface area contributed by atoms with E-state index in [-0.39, 0.29) is 24.4 Å². The number of halogens is 1. The molecule has 2 N–H and O–H groups in total. The maximum Gasteiger partial charge on any atom is 0.237 e. The first kappa shape index (κ1) is 13.8.